The van der Waals surface area contributed by atoms with Gasteiger partial charge in [-0.05, 0) is 40.9 Å². The highest BCUT2D eigenvalue weighted by Gasteiger charge is 2.21. The largest absolute Gasteiger partial charge is 0.325 e. The second-order valence-electron chi connectivity index (χ2n) is 5.05. The van der Waals surface area contributed by atoms with Gasteiger partial charge in [-0.15, -0.1) is 0 Å². The molecule has 1 saturated carbocycles. The topological polar surface area (TPSA) is 46.4 Å². The van der Waals surface area contributed by atoms with Crippen LogP contribution in [0.4, 0.5) is 5.69 Å². The van der Waals surface area contributed by atoms with E-state index in [1.165, 1.54) is 19.3 Å². The van der Waals surface area contributed by atoms with Crippen LogP contribution in [0.5, 0.6) is 0 Å². The minimum absolute atomic E-state index is 0.148. The molecule has 19 heavy (non-hydrogen) atoms. The van der Waals surface area contributed by atoms with Gasteiger partial charge in [0, 0.05) is 12.1 Å². The van der Waals surface area contributed by atoms with Gasteiger partial charge in [0.05, 0.1) is 11.9 Å². The molecule has 5 heteroatoms. The van der Waals surface area contributed by atoms with E-state index >= 15 is 0 Å². The molecule has 2 heterocycles. The molecule has 1 amide bonds. The first kappa shape index (κ1) is 12.7. The lowest BCUT2D eigenvalue weighted by atomic mass is 9.88. The first-order valence-corrected chi connectivity index (χ1v) is 7.47. The summed E-state index contributed by atoms with van der Waals surface area (Å²) in [5.74, 6) is 0.325. The number of nitrogens with one attached hydrogen (secondary N) is 1. The second kappa shape index (κ2) is 5.33. The van der Waals surface area contributed by atoms with Crippen molar-refractivity contribution in [2.24, 2.45) is 5.92 Å². The lowest BCUT2D eigenvalue weighted by Crippen LogP contribution is -2.24. The molecule has 1 aliphatic carbocycles. The number of anilines is 1. The Hall–Kier alpha value is -1.36. The molecular weight excluding hydrogens is 306 g/mol. The quantitative estimate of drug-likeness (QED) is 0.918. The molecule has 0 aliphatic heterocycles. The van der Waals surface area contributed by atoms with Gasteiger partial charge in [-0.3, -0.25) is 9.20 Å². The number of rotatable bonds is 2. The molecule has 1 fully saturated rings. The van der Waals surface area contributed by atoms with Crippen LogP contribution in [0.2, 0.25) is 0 Å². The third-order valence-corrected chi connectivity index (χ3v) is 4.29. The molecule has 0 saturated heterocycles. The second-order valence-corrected chi connectivity index (χ2v) is 5.86. The molecule has 0 radical (unpaired) electrons. The predicted octanol–water partition coefficient (Wildman–Crippen LogP) is 3.62. The summed E-state index contributed by atoms with van der Waals surface area (Å²) < 4.78 is 2.80. The first-order valence-electron chi connectivity index (χ1n) is 6.67. The van der Waals surface area contributed by atoms with Gasteiger partial charge in [0.1, 0.15) is 10.3 Å². The SMILES string of the molecule is O=C(Nc1ccc2ncc(Br)n2c1)C1CCCCC1. The van der Waals surface area contributed by atoms with Crippen LogP contribution < -0.4 is 5.32 Å². The van der Waals surface area contributed by atoms with Crippen LogP contribution in [0, 0.1) is 5.92 Å². The van der Waals surface area contributed by atoms with Crippen LogP contribution in [-0.2, 0) is 4.79 Å². The molecule has 0 spiro atoms. The number of aromatic nitrogens is 2. The highest BCUT2D eigenvalue weighted by atomic mass is 79.9. The van der Waals surface area contributed by atoms with Crippen LogP contribution in [0.3, 0.4) is 0 Å². The fourth-order valence-electron chi connectivity index (χ4n) is 2.63. The van der Waals surface area contributed by atoms with E-state index in [-0.39, 0.29) is 11.8 Å². The van der Waals surface area contributed by atoms with Crippen LogP contribution in [0.1, 0.15) is 32.1 Å². The van der Waals surface area contributed by atoms with Gasteiger partial charge in [-0.1, -0.05) is 19.3 Å². The summed E-state index contributed by atoms with van der Waals surface area (Å²) in [6, 6.07) is 3.80. The number of nitrogens with zero attached hydrogens (tertiary/aromatic N) is 2. The normalized spacial score (nSPS) is 16.7. The highest BCUT2D eigenvalue weighted by Crippen LogP contribution is 2.25. The van der Waals surface area contributed by atoms with E-state index in [0.717, 1.165) is 28.8 Å². The average Bonchev–Trinajstić information content (AvgIpc) is 2.81. The van der Waals surface area contributed by atoms with Gasteiger partial charge >= 0.3 is 0 Å². The lowest BCUT2D eigenvalue weighted by molar-refractivity contribution is -0.120. The first-order chi connectivity index (χ1) is 9.24. The Morgan fingerprint density at radius 2 is 2.11 bits per heavy atom. The summed E-state index contributed by atoms with van der Waals surface area (Å²) in [5, 5.41) is 3.01. The van der Waals surface area contributed by atoms with Crippen molar-refractivity contribution in [3.63, 3.8) is 0 Å². The fraction of sp³-hybridized carbons (Fsp3) is 0.429. The number of hydrogen-bond donors (Lipinski definition) is 1. The maximum Gasteiger partial charge on any atom is 0.227 e. The Morgan fingerprint density at radius 3 is 2.89 bits per heavy atom. The summed E-state index contributed by atoms with van der Waals surface area (Å²) >= 11 is 3.43. The number of amides is 1. The number of carbonyl (C=O) groups excluding carboxylic acids is 1. The Morgan fingerprint density at radius 1 is 1.32 bits per heavy atom. The number of carbonyl (C=O) groups is 1. The molecule has 2 aromatic heterocycles. The van der Waals surface area contributed by atoms with Crippen LogP contribution in [0.25, 0.3) is 5.65 Å². The fourth-order valence-corrected chi connectivity index (χ4v) is 3.02. The summed E-state index contributed by atoms with van der Waals surface area (Å²) in [6.07, 6.45) is 9.28. The maximum atomic E-state index is 12.2. The Kier molecular flexibility index (Phi) is 3.55. The molecule has 100 valence electrons. The van der Waals surface area contributed by atoms with Crippen molar-refractivity contribution >= 4 is 33.2 Å². The number of pyridine rings is 1. The average molecular weight is 322 g/mol. The van der Waals surface area contributed by atoms with E-state index in [2.05, 4.69) is 26.2 Å². The van der Waals surface area contributed by atoms with E-state index in [1.54, 1.807) is 6.20 Å². The smallest absolute Gasteiger partial charge is 0.227 e. The maximum absolute atomic E-state index is 12.2. The Balaban J connectivity index is 1.76. The third kappa shape index (κ3) is 2.66. The minimum Gasteiger partial charge on any atom is -0.325 e. The van der Waals surface area contributed by atoms with Crippen molar-refractivity contribution in [2.75, 3.05) is 5.32 Å². The molecule has 1 N–H and O–H groups in total. The van der Waals surface area contributed by atoms with E-state index in [4.69, 9.17) is 0 Å². The number of hydrogen-bond acceptors (Lipinski definition) is 2. The summed E-state index contributed by atoms with van der Waals surface area (Å²) in [7, 11) is 0. The zero-order valence-corrected chi connectivity index (χ0v) is 12.2. The zero-order valence-electron chi connectivity index (χ0n) is 10.6. The number of halogens is 1. The van der Waals surface area contributed by atoms with Gasteiger partial charge < -0.3 is 5.32 Å². The van der Waals surface area contributed by atoms with Gasteiger partial charge in [0.15, 0.2) is 0 Å². The molecule has 0 aromatic carbocycles. The van der Waals surface area contributed by atoms with Crippen molar-refractivity contribution in [3.05, 3.63) is 29.1 Å². The van der Waals surface area contributed by atoms with Crippen molar-refractivity contribution in [1.82, 2.24) is 9.38 Å². The number of imidazole rings is 1. The highest BCUT2D eigenvalue weighted by molar-refractivity contribution is 9.10. The Labute approximate surface area is 120 Å². The van der Waals surface area contributed by atoms with E-state index in [1.807, 2.05) is 22.7 Å². The van der Waals surface area contributed by atoms with Crippen LogP contribution in [0.15, 0.2) is 29.1 Å². The molecule has 4 nitrogen and oxygen atoms in total. The molecule has 1 aliphatic rings. The Bertz CT molecular complexity index is 602. The summed E-state index contributed by atoms with van der Waals surface area (Å²) in [5.41, 5.74) is 1.68. The van der Waals surface area contributed by atoms with Gasteiger partial charge in [-0.25, -0.2) is 4.98 Å². The minimum atomic E-state index is 0.148. The molecule has 0 unspecified atom stereocenters. The van der Waals surface area contributed by atoms with E-state index in [9.17, 15) is 4.79 Å². The van der Waals surface area contributed by atoms with E-state index in [0.29, 0.717) is 0 Å². The molecule has 0 bridgehead atoms. The predicted molar refractivity (Wildman–Crippen MR) is 78.1 cm³/mol. The van der Waals surface area contributed by atoms with Crippen LogP contribution >= 0.6 is 15.9 Å². The molecule has 3 rings (SSSR count). The molecular formula is C14H16BrN3O. The third-order valence-electron chi connectivity index (χ3n) is 3.70. The lowest BCUT2D eigenvalue weighted by Gasteiger charge is -2.20. The monoisotopic (exact) mass is 321 g/mol. The van der Waals surface area contributed by atoms with E-state index < -0.39 is 0 Å². The standard InChI is InChI=1S/C14H16BrN3O/c15-12-8-16-13-7-6-11(9-18(12)13)17-14(19)10-4-2-1-3-5-10/h6-10H,1-5H2,(H,17,19). The zero-order chi connectivity index (χ0) is 13.2. The van der Waals surface area contributed by atoms with Crippen LogP contribution in [-0.4, -0.2) is 15.3 Å². The van der Waals surface area contributed by atoms with Crippen molar-refractivity contribution in [2.45, 2.75) is 32.1 Å². The summed E-state index contributed by atoms with van der Waals surface area (Å²) in [6.45, 7) is 0. The van der Waals surface area contributed by atoms with Crippen molar-refractivity contribution in [3.8, 4) is 0 Å². The van der Waals surface area contributed by atoms with Gasteiger partial charge in [0.25, 0.3) is 0 Å². The number of fused-ring (bicyclic) bond motifs is 1. The van der Waals surface area contributed by atoms with Gasteiger partial charge in [0.2, 0.25) is 5.91 Å². The molecule has 0 atom stereocenters. The van der Waals surface area contributed by atoms with Crippen molar-refractivity contribution in [1.29, 1.82) is 0 Å². The summed E-state index contributed by atoms with van der Waals surface area (Å²) in [4.78, 5) is 16.4. The molecule has 2 aromatic rings. The van der Waals surface area contributed by atoms with Gasteiger partial charge in [-0.2, -0.15) is 0 Å². The van der Waals surface area contributed by atoms with Crippen molar-refractivity contribution < 1.29 is 4.79 Å².